The predicted molar refractivity (Wildman–Crippen MR) is 87.3 cm³/mol. The van der Waals surface area contributed by atoms with Gasteiger partial charge in [-0.2, -0.15) is 5.10 Å². The number of hydrogen-bond donors (Lipinski definition) is 0. The van der Waals surface area contributed by atoms with E-state index in [2.05, 4.69) is 15.1 Å². The number of amides is 1. The van der Waals surface area contributed by atoms with Crippen molar-refractivity contribution >= 4 is 11.7 Å². The molecule has 1 aromatic rings. The molecule has 1 atom stereocenters. The van der Waals surface area contributed by atoms with Crippen molar-refractivity contribution in [2.45, 2.75) is 31.9 Å². The topological polar surface area (TPSA) is 67.8 Å². The molecule has 1 saturated heterocycles. The second-order valence-electron chi connectivity index (χ2n) is 5.76. The fourth-order valence-electron chi connectivity index (χ4n) is 2.78. The molecular formula is C16H26N4O3. The van der Waals surface area contributed by atoms with Crippen molar-refractivity contribution in [3.8, 4) is 0 Å². The fraction of sp³-hybridized carbons (Fsp3) is 0.688. The van der Waals surface area contributed by atoms with E-state index < -0.39 is 6.10 Å². The molecule has 1 fully saturated rings. The van der Waals surface area contributed by atoms with E-state index >= 15 is 0 Å². The molecule has 2 rings (SSSR count). The SMILES string of the molecule is COCCOC(C)C(=O)N1CCC(N(C)c2cccnn2)CC1. The van der Waals surface area contributed by atoms with Gasteiger partial charge in [0.1, 0.15) is 6.10 Å². The number of aromatic nitrogens is 2. The van der Waals surface area contributed by atoms with Crippen molar-refractivity contribution in [1.82, 2.24) is 15.1 Å². The Kier molecular flexibility index (Phi) is 6.73. The van der Waals surface area contributed by atoms with Crippen LogP contribution in [0.5, 0.6) is 0 Å². The average molecular weight is 322 g/mol. The normalized spacial score (nSPS) is 17.1. The van der Waals surface area contributed by atoms with Gasteiger partial charge in [-0.25, -0.2) is 0 Å². The van der Waals surface area contributed by atoms with Crippen LogP contribution in [-0.4, -0.2) is 73.6 Å². The van der Waals surface area contributed by atoms with Crippen LogP contribution >= 0.6 is 0 Å². The van der Waals surface area contributed by atoms with Crippen LogP contribution in [-0.2, 0) is 14.3 Å². The summed E-state index contributed by atoms with van der Waals surface area (Å²) in [6.07, 6.45) is 3.09. The molecule has 7 nitrogen and oxygen atoms in total. The minimum Gasteiger partial charge on any atom is -0.382 e. The van der Waals surface area contributed by atoms with E-state index in [1.807, 2.05) is 24.1 Å². The quantitative estimate of drug-likeness (QED) is 0.697. The summed E-state index contributed by atoms with van der Waals surface area (Å²) >= 11 is 0. The zero-order valence-corrected chi connectivity index (χ0v) is 14.1. The largest absolute Gasteiger partial charge is 0.382 e. The van der Waals surface area contributed by atoms with Crippen LogP contribution < -0.4 is 4.90 Å². The van der Waals surface area contributed by atoms with E-state index in [0.717, 1.165) is 31.7 Å². The van der Waals surface area contributed by atoms with Crippen LogP contribution in [0.1, 0.15) is 19.8 Å². The summed E-state index contributed by atoms with van der Waals surface area (Å²) in [6.45, 7) is 4.23. The van der Waals surface area contributed by atoms with Gasteiger partial charge in [0.25, 0.3) is 5.91 Å². The van der Waals surface area contributed by atoms with Crippen LogP contribution in [0.15, 0.2) is 18.3 Å². The lowest BCUT2D eigenvalue weighted by molar-refractivity contribution is -0.144. The highest BCUT2D eigenvalue weighted by atomic mass is 16.5. The van der Waals surface area contributed by atoms with Crippen LogP contribution in [0, 0.1) is 0 Å². The lowest BCUT2D eigenvalue weighted by Crippen LogP contribution is -2.48. The highest BCUT2D eigenvalue weighted by Crippen LogP contribution is 2.20. The maximum Gasteiger partial charge on any atom is 0.251 e. The molecule has 1 aromatic heterocycles. The first-order chi connectivity index (χ1) is 11.1. The van der Waals surface area contributed by atoms with Gasteiger partial charge in [-0.15, -0.1) is 5.10 Å². The Balaban J connectivity index is 1.80. The second kappa shape index (κ2) is 8.79. The maximum absolute atomic E-state index is 12.4. The van der Waals surface area contributed by atoms with Crippen molar-refractivity contribution < 1.29 is 14.3 Å². The predicted octanol–water partition coefficient (Wildman–Crippen LogP) is 0.955. The lowest BCUT2D eigenvalue weighted by Gasteiger charge is -2.37. The summed E-state index contributed by atoms with van der Waals surface area (Å²) in [4.78, 5) is 16.4. The minimum absolute atomic E-state index is 0.0571. The van der Waals surface area contributed by atoms with Crippen LogP contribution in [0.4, 0.5) is 5.82 Å². The van der Waals surface area contributed by atoms with Crippen LogP contribution in [0.3, 0.4) is 0 Å². The summed E-state index contributed by atoms with van der Waals surface area (Å²) < 4.78 is 10.4. The number of ether oxygens (including phenoxy) is 2. The van der Waals surface area contributed by atoms with Gasteiger partial charge in [0.2, 0.25) is 0 Å². The Morgan fingerprint density at radius 1 is 1.43 bits per heavy atom. The first-order valence-electron chi connectivity index (χ1n) is 8.03. The van der Waals surface area contributed by atoms with Crippen molar-refractivity contribution in [3.63, 3.8) is 0 Å². The second-order valence-corrected chi connectivity index (χ2v) is 5.76. The summed E-state index contributed by atoms with van der Waals surface area (Å²) in [7, 11) is 3.65. The average Bonchev–Trinajstić information content (AvgIpc) is 2.61. The van der Waals surface area contributed by atoms with Gasteiger partial charge in [0.05, 0.1) is 13.2 Å². The van der Waals surface area contributed by atoms with Crippen molar-refractivity contribution in [2.24, 2.45) is 0 Å². The van der Waals surface area contributed by atoms with Crippen LogP contribution in [0.25, 0.3) is 0 Å². The number of rotatable bonds is 7. The van der Waals surface area contributed by atoms with Gasteiger partial charge in [-0.1, -0.05) is 0 Å². The number of hydrogen-bond acceptors (Lipinski definition) is 6. The molecule has 23 heavy (non-hydrogen) atoms. The smallest absolute Gasteiger partial charge is 0.251 e. The molecule has 1 aliphatic heterocycles. The highest BCUT2D eigenvalue weighted by Gasteiger charge is 2.28. The molecule has 2 heterocycles. The first kappa shape index (κ1) is 17.6. The molecule has 0 saturated carbocycles. The number of carbonyl (C=O) groups is 1. The molecule has 1 unspecified atom stereocenters. The number of piperidine rings is 1. The van der Waals surface area contributed by atoms with Crippen molar-refractivity contribution in [3.05, 3.63) is 18.3 Å². The van der Waals surface area contributed by atoms with E-state index in [1.54, 1.807) is 20.2 Å². The molecular weight excluding hydrogens is 296 g/mol. The molecule has 0 radical (unpaired) electrons. The molecule has 1 aliphatic rings. The molecule has 0 bridgehead atoms. The Labute approximate surface area is 137 Å². The van der Waals surface area contributed by atoms with E-state index in [1.165, 1.54) is 0 Å². The number of likely N-dealkylation sites (tertiary alicyclic amines) is 1. The molecule has 7 heteroatoms. The zero-order chi connectivity index (χ0) is 16.7. The van der Waals surface area contributed by atoms with Gasteiger partial charge in [-0.05, 0) is 31.9 Å². The molecule has 0 spiro atoms. The van der Waals surface area contributed by atoms with E-state index in [4.69, 9.17) is 9.47 Å². The summed E-state index contributed by atoms with van der Waals surface area (Å²) in [5, 5.41) is 8.06. The number of carbonyl (C=O) groups excluding carboxylic acids is 1. The third kappa shape index (κ3) is 4.87. The number of nitrogens with zero attached hydrogens (tertiary/aromatic N) is 4. The molecule has 0 aliphatic carbocycles. The molecule has 1 amide bonds. The first-order valence-corrected chi connectivity index (χ1v) is 8.03. The number of methoxy groups -OCH3 is 1. The Hall–Kier alpha value is -1.73. The molecule has 128 valence electrons. The Morgan fingerprint density at radius 3 is 2.78 bits per heavy atom. The highest BCUT2D eigenvalue weighted by molar-refractivity contribution is 5.80. The monoisotopic (exact) mass is 322 g/mol. The van der Waals surface area contributed by atoms with Gasteiger partial charge in [0.15, 0.2) is 5.82 Å². The van der Waals surface area contributed by atoms with Gasteiger partial charge in [0, 0.05) is 39.5 Å². The van der Waals surface area contributed by atoms with Crippen LogP contribution in [0.2, 0.25) is 0 Å². The summed E-state index contributed by atoms with van der Waals surface area (Å²) in [5.41, 5.74) is 0. The van der Waals surface area contributed by atoms with Crippen molar-refractivity contribution in [1.29, 1.82) is 0 Å². The van der Waals surface area contributed by atoms with Crippen molar-refractivity contribution in [2.75, 3.05) is 45.4 Å². The number of anilines is 1. The molecule has 0 N–H and O–H groups in total. The summed E-state index contributed by atoms with van der Waals surface area (Å²) in [6, 6.07) is 4.22. The van der Waals surface area contributed by atoms with E-state index in [-0.39, 0.29) is 5.91 Å². The lowest BCUT2D eigenvalue weighted by atomic mass is 10.0. The fourth-order valence-corrected chi connectivity index (χ4v) is 2.78. The van der Waals surface area contributed by atoms with Gasteiger partial charge < -0.3 is 19.3 Å². The molecule has 0 aromatic carbocycles. The zero-order valence-electron chi connectivity index (χ0n) is 14.1. The third-order valence-corrected chi connectivity index (χ3v) is 4.25. The maximum atomic E-state index is 12.4. The van der Waals surface area contributed by atoms with E-state index in [0.29, 0.717) is 19.3 Å². The Morgan fingerprint density at radius 2 is 2.17 bits per heavy atom. The van der Waals surface area contributed by atoms with Gasteiger partial charge >= 0.3 is 0 Å². The minimum atomic E-state index is -0.417. The van der Waals surface area contributed by atoms with E-state index in [9.17, 15) is 4.79 Å². The summed E-state index contributed by atoms with van der Waals surface area (Å²) in [5.74, 6) is 0.926. The third-order valence-electron chi connectivity index (χ3n) is 4.25. The van der Waals surface area contributed by atoms with Gasteiger partial charge in [-0.3, -0.25) is 4.79 Å². The Bertz CT molecular complexity index is 477. The standard InChI is InChI=1S/C16H26N4O3/c1-13(23-12-11-22-3)16(21)20-9-6-14(7-10-20)19(2)15-5-4-8-17-18-15/h4-5,8,13-14H,6-7,9-12H2,1-3H3.